The van der Waals surface area contributed by atoms with Crippen molar-refractivity contribution >= 4 is 23.1 Å². The Labute approximate surface area is 226 Å². The van der Waals surface area contributed by atoms with E-state index in [9.17, 15) is 22.4 Å². The Morgan fingerprint density at radius 1 is 1.23 bits per heavy atom. The molecule has 0 radical (unpaired) electrons. The number of hydrogen-bond acceptors (Lipinski definition) is 7. The number of nitrogens with one attached hydrogen (secondary N) is 3. The van der Waals surface area contributed by atoms with Crippen LogP contribution in [-0.4, -0.2) is 49.7 Å². The van der Waals surface area contributed by atoms with E-state index < -0.39 is 23.6 Å². The molecule has 0 aliphatic heterocycles. The second kappa shape index (κ2) is 11.8. The maximum atomic E-state index is 15.0. The minimum absolute atomic E-state index is 0.0702. The van der Waals surface area contributed by atoms with Gasteiger partial charge in [-0.25, -0.2) is 14.4 Å². The summed E-state index contributed by atoms with van der Waals surface area (Å²) in [5.41, 5.74) is -0.680. The minimum Gasteiger partial charge on any atom is -0.352 e. The van der Waals surface area contributed by atoms with E-state index in [2.05, 4.69) is 36.9 Å². The van der Waals surface area contributed by atoms with Gasteiger partial charge in [-0.05, 0) is 37.6 Å². The predicted octanol–water partition coefficient (Wildman–Crippen LogP) is 3.67. The van der Waals surface area contributed by atoms with E-state index >= 15 is 0 Å². The molecule has 0 bridgehead atoms. The summed E-state index contributed by atoms with van der Waals surface area (Å²) in [7, 11) is 0. The number of fused-ring (bicyclic) bond motifs is 1. The second-order valence-corrected chi connectivity index (χ2v) is 8.62. The molecule has 1 aromatic carbocycles. The Balaban J connectivity index is 1.58. The van der Waals surface area contributed by atoms with Gasteiger partial charge < -0.3 is 16.0 Å². The fourth-order valence-corrected chi connectivity index (χ4v) is 4.08. The van der Waals surface area contributed by atoms with Crippen LogP contribution < -0.4 is 16.0 Å². The summed E-state index contributed by atoms with van der Waals surface area (Å²) in [6, 6.07) is 4.44. The molecule has 1 amide bonds. The van der Waals surface area contributed by atoms with Crippen LogP contribution in [-0.2, 0) is 12.7 Å². The second-order valence-electron chi connectivity index (χ2n) is 8.62. The molecule has 0 fully saturated rings. The highest BCUT2D eigenvalue weighted by atomic mass is 19.4. The number of benzene rings is 1. The zero-order valence-corrected chi connectivity index (χ0v) is 21.2. The topological polar surface area (TPSA) is 125 Å². The summed E-state index contributed by atoms with van der Waals surface area (Å²) in [5.74, 6) is 1.26. The van der Waals surface area contributed by atoms with E-state index in [0.717, 1.165) is 16.9 Å². The zero-order chi connectivity index (χ0) is 28.9. The van der Waals surface area contributed by atoms with Crippen LogP contribution in [0.4, 0.5) is 29.1 Å². The molecule has 3 heterocycles. The fraction of sp³-hybridized carbons (Fsp3) is 0.269. The molecule has 0 atom stereocenters. The Kier molecular flexibility index (Phi) is 8.31. The number of aromatic nitrogens is 5. The fourth-order valence-electron chi connectivity index (χ4n) is 4.08. The van der Waals surface area contributed by atoms with Gasteiger partial charge in [0.2, 0.25) is 0 Å². The van der Waals surface area contributed by atoms with Gasteiger partial charge in [0.1, 0.15) is 12.4 Å². The van der Waals surface area contributed by atoms with Gasteiger partial charge in [0.15, 0.2) is 17.2 Å². The van der Waals surface area contributed by atoms with Crippen molar-refractivity contribution in [1.82, 2.24) is 34.8 Å². The summed E-state index contributed by atoms with van der Waals surface area (Å²) in [5, 5.41) is 21.0. The third-order valence-corrected chi connectivity index (χ3v) is 5.79. The Morgan fingerprint density at radius 3 is 2.73 bits per heavy atom. The third-order valence-electron chi connectivity index (χ3n) is 5.79. The number of terminal acetylenes is 1. The number of nitriles is 1. The van der Waals surface area contributed by atoms with Gasteiger partial charge in [-0.3, -0.25) is 13.9 Å². The maximum absolute atomic E-state index is 15.0. The van der Waals surface area contributed by atoms with Crippen molar-refractivity contribution in [2.45, 2.75) is 26.1 Å². The molecular formula is C26H23F4N9O. The van der Waals surface area contributed by atoms with E-state index in [1.807, 2.05) is 0 Å². The van der Waals surface area contributed by atoms with Gasteiger partial charge in [0, 0.05) is 30.8 Å². The Bertz CT molecular complexity index is 1600. The molecular weight excluding hydrogens is 530 g/mol. The van der Waals surface area contributed by atoms with Crippen molar-refractivity contribution in [3.05, 3.63) is 59.6 Å². The number of alkyl halides is 3. The van der Waals surface area contributed by atoms with Crippen LogP contribution >= 0.6 is 0 Å². The van der Waals surface area contributed by atoms with Crippen molar-refractivity contribution < 1.29 is 22.4 Å². The lowest BCUT2D eigenvalue weighted by Gasteiger charge is -2.13. The molecule has 0 saturated carbocycles. The molecule has 0 saturated heterocycles. The number of carbonyl (C=O) groups excluding carboxylic acids is 1. The quantitative estimate of drug-likeness (QED) is 0.156. The van der Waals surface area contributed by atoms with Crippen LogP contribution in [0, 0.1) is 36.4 Å². The first kappa shape index (κ1) is 28.1. The van der Waals surface area contributed by atoms with Crippen LogP contribution in [0.15, 0.2) is 36.9 Å². The van der Waals surface area contributed by atoms with Gasteiger partial charge in [-0.2, -0.15) is 23.5 Å². The first-order valence-electron chi connectivity index (χ1n) is 12.0. The number of nitrogens with zero attached hydrogens (tertiary/aromatic N) is 6. The number of hydrogen-bond donors (Lipinski definition) is 3. The Hall–Kier alpha value is -4.95. The molecule has 10 nitrogen and oxygen atoms in total. The molecule has 0 unspecified atom stereocenters. The summed E-state index contributed by atoms with van der Waals surface area (Å²) >= 11 is 0. The van der Waals surface area contributed by atoms with Gasteiger partial charge in [-0.15, -0.1) is 6.42 Å². The van der Waals surface area contributed by atoms with Gasteiger partial charge in [0.05, 0.1) is 35.6 Å². The monoisotopic (exact) mass is 553 g/mol. The van der Waals surface area contributed by atoms with Crippen LogP contribution in [0.5, 0.6) is 0 Å². The third kappa shape index (κ3) is 6.03. The maximum Gasteiger partial charge on any atom is 0.435 e. The Morgan fingerprint density at radius 2 is 2.02 bits per heavy atom. The molecule has 40 heavy (non-hydrogen) atoms. The summed E-state index contributed by atoms with van der Waals surface area (Å²) in [4.78, 5) is 21.0. The first-order valence-corrected chi connectivity index (χ1v) is 12.0. The van der Waals surface area contributed by atoms with Crippen molar-refractivity contribution in [3.8, 4) is 29.7 Å². The number of carbonyl (C=O) groups is 1. The minimum atomic E-state index is -4.77. The number of imidazole rings is 1. The number of aryl methyl sites for hydroxylation is 1. The van der Waals surface area contributed by atoms with Crippen LogP contribution in [0.3, 0.4) is 0 Å². The first-order chi connectivity index (χ1) is 19.1. The van der Waals surface area contributed by atoms with Crippen LogP contribution in [0.1, 0.15) is 28.0 Å². The number of amides is 1. The number of anilines is 2. The highest BCUT2D eigenvalue weighted by Gasteiger charge is 2.38. The highest BCUT2D eigenvalue weighted by Crippen LogP contribution is 2.37. The van der Waals surface area contributed by atoms with Crippen molar-refractivity contribution in [3.63, 3.8) is 0 Å². The molecule has 4 aromatic rings. The van der Waals surface area contributed by atoms with Crippen molar-refractivity contribution in [2.24, 2.45) is 0 Å². The molecule has 3 N–H and O–H groups in total. The van der Waals surface area contributed by atoms with Crippen molar-refractivity contribution in [1.29, 1.82) is 5.26 Å². The average molecular weight is 554 g/mol. The molecule has 4 rings (SSSR count). The molecule has 3 aromatic heterocycles. The molecule has 0 spiro atoms. The number of rotatable bonds is 10. The van der Waals surface area contributed by atoms with Gasteiger partial charge in [0.25, 0.3) is 5.91 Å². The molecule has 0 aliphatic carbocycles. The van der Waals surface area contributed by atoms with E-state index in [1.165, 1.54) is 23.0 Å². The van der Waals surface area contributed by atoms with Crippen molar-refractivity contribution in [2.75, 3.05) is 25.0 Å². The normalized spacial score (nSPS) is 11.3. The molecule has 14 heteroatoms. The van der Waals surface area contributed by atoms with Gasteiger partial charge >= 0.3 is 6.18 Å². The molecule has 206 valence electrons. The SMILES string of the molecule is C#CCNCCCNC(=O)c1c(C)cc(Nc2nccn3c(-c4cn(CC#N)nc4C(F)(F)F)cnc23)cc1F. The largest absolute Gasteiger partial charge is 0.435 e. The summed E-state index contributed by atoms with van der Waals surface area (Å²) in [6.07, 6.45) is 6.12. The van der Waals surface area contributed by atoms with E-state index in [4.69, 9.17) is 11.7 Å². The van der Waals surface area contributed by atoms with Crippen LogP contribution in [0.25, 0.3) is 16.9 Å². The lowest BCUT2D eigenvalue weighted by molar-refractivity contribution is -0.141. The van der Waals surface area contributed by atoms with Crippen LogP contribution in [0.2, 0.25) is 0 Å². The summed E-state index contributed by atoms with van der Waals surface area (Å²) < 4.78 is 58.3. The summed E-state index contributed by atoms with van der Waals surface area (Å²) in [6.45, 7) is 2.56. The smallest absolute Gasteiger partial charge is 0.352 e. The highest BCUT2D eigenvalue weighted by molar-refractivity contribution is 5.96. The average Bonchev–Trinajstić information content (AvgIpc) is 3.51. The lowest BCUT2D eigenvalue weighted by Crippen LogP contribution is -2.28. The number of halogens is 4. The van der Waals surface area contributed by atoms with Gasteiger partial charge in [-0.1, -0.05) is 5.92 Å². The lowest BCUT2D eigenvalue weighted by atomic mass is 10.1. The van der Waals surface area contributed by atoms with E-state index in [1.54, 1.807) is 19.1 Å². The standard InChI is InChI=1S/C26H23F4N9O/c1-3-6-32-7-4-8-34-25(40)21-16(2)12-17(13-19(21)27)36-23-24-35-14-20(39(24)11-9-33-23)18-15-38(10-5-31)37-22(18)26(28,29)30/h1,9,11-15,32H,4,6-8,10H2,2H3,(H,33,36)(H,34,40). The van der Waals surface area contributed by atoms with E-state index in [0.29, 0.717) is 31.6 Å². The van der Waals surface area contributed by atoms with E-state index in [-0.39, 0.29) is 40.5 Å². The molecule has 0 aliphatic rings. The zero-order valence-electron chi connectivity index (χ0n) is 21.2. The predicted molar refractivity (Wildman–Crippen MR) is 138 cm³/mol.